The van der Waals surface area contributed by atoms with E-state index in [2.05, 4.69) is 73.4 Å². The lowest BCUT2D eigenvalue weighted by molar-refractivity contribution is 0.185. The van der Waals surface area contributed by atoms with Crippen molar-refractivity contribution < 1.29 is 0 Å². The Labute approximate surface area is 200 Å². The summed E-state index contributed by atoms with van der Waals surface area (Å²) in [6.45, 7) is 7.63. The molecule has 7 nitrogen and oxygen atoms in total. The summed E-state index contributed by atoms with van der Waals surface area (Å²) in [5.74, 6) is 1.75. The average Bonchev–Trinajstić information content (AvgIpc) is 3.47. The largest absolute Gasteiger partial charge is 0.342 e. The summed E-state index contributed by atoms with van der Waals surface area (Å²) in [6, 6.07) is 11.2. The molecule has 6 rings (SSSR count). The number of pyridine rings is 1. The highest BCUT2D eigenvalue weighted by molar-refractivity contribution is 5.81. The third-order valence-corrected chi connectivity index (χ3v) is 7.54. The lowest BCUT2D eigenvalue weighted by Crippen LogP contribution is -2.44. The molecule has 0 bridgehead atoms. The molecule has 1 atom stereocenters. The maximum Gasteiger partial charge on any atom is 0.113 e. The Morgan fingerprint density at radius 2 is 1.97 bits per heavy atom. The minimum absolute atomic E-state index is 0.396. The van der Waals surface area contributed by atoms with Crippen LogP contribution in [0.15, 0.2) is 48.9 Å². The predicted molar refractivity (Wildman–Crippen MR) is 135 cm³/mol. The molecule has 0 amide bonds. The van der Waals surface area contributed by atoms with Crippen LogP contribution in [0.1, 0.15) is 49.3 Å². The summed E-state index contributed by atoms with van der Waals surface area (Å²) in [4.78, 5) is 15.5. The van der Waals surface area contributed by atoms with Crippen molar-refractivity contribution in [2.75, 3.05) is 26.2 Å². The van der Waals surface area contributed by atoms with Crippen molar-refractivity contribution in [1.29, 1.82) is 0 Å². The van der Waals surface area contributed by atoms with Crippen LogP contribution in [0.5, 0.6) is 0 Å². The van der Waals surface area contributed by atoms with Crippen molar-refractivity contribution in [1.82, 2.24) is 34.9 Å². The first-order chi connectivity index (χ1) is 16.7. The van der Waals surface area contributed by atoms with Crippen LogP contribution in [-0.4, -0.2) is 55.8 Å². The van der Waals surface area contributed by atoms with E-state index in [-0.39, 0.29) is 0 Å². The van der Waals surface area contributed by atoms with Gasteiger partial charge in [-0.15, -0.1) is 0 Å². The molecule has 3 aromatic heterocycles. The normalized spacial score (nSPS) is 18.3. The van der Waals surface area contributed by atoms with Crippen LogP contribution in [0.4, 0.5) is 0 Å². The van der Waals surface area contributed by atoms with Gasteiger partial charge in [-0.1, -0.05) is 12.5 Å². The van der Waals surface area contributed by atoms with Crippen LogP contribution >= 0.6 is 0 Å². The zero-order valence-corrected chi connectivity index (χ0v) is 19.9. The Bertz CT molecular complexity index is 1260. The summed E-state index contributed by atoms with van der Waals surface area (Å²) in [7, 11) is 0. The number of H-pyrrole nitrogens is 1. The van der Waals surface area contributed by atoms with Crippen LogP contribution in [0.25, 0.3) is 22.2 Å². The number of benzene rings is 1. The summed E-state index contributed by atoms with van der Waals surface area (Å²) in [5.41, 5.74) is 6.76. The lowest BCUT2D eigenvalue weighted by Gasteiger charge is -2.33. The number of fused-ring (bicyclic) bond motifs is 1. The van der Waals surface area contributed by atoms with Gasteiger partial charge < -0.3 is 10.3 Å². The Balaban J connectivity index is 1.18. The van der Waals surface area contributed by atoms with Crippen LogP contribution in [-0.2, 0) is 13.0 Å². The van der Waals surface area contributed by atoms with Gasteiger partial charge in [0.25, 0.3) is 0 Å². The fourth-order valence-electron chi connectivity index (χ4n) is 5.18. The third kappa shape index (κ3) is 4.50. The van der Waals surface area contributed by atoms with Crippen LogP contribution in [0.2, 0.25) is 0 Å². The van der Waals surface area contributed by atoms with E-state index in [1.54, 1.807) is 0 Å². The van der Waals surface area contributed by atoms with Crippen LogP contribution in [0, 0.1) is 5.92 Å². The Kier molecular flexibility index (Phi) is 5.89. The van der Waals surface area contributed by atoms with Gasteiger partial charge in [-0.05, 0) is 61.1 Å². The van der Waals surface area contributed by atoms with E-state index in [0.717, 1.165) is 66.8 Å². The smallest absolute Gasteiger partial charge is 0.113 e. The second kappa shape index (κ2) is 9.31. The van der Waals surface area contributed by atoms with Gasteiger partial charge in [0.05, 0.1) is 17.2 Å². The number of piperazine rings is 1. The summed E-state index contributed by atoms with van der Waals surface area (Å²) >= 11 is 0. The van der Waals surface area contributed by atoms with Crippen molar-refractivity contribution >= 4 is 11.0 Å². The van der Waals surface area contributed by atoms with E-state index in [1.165, 1.54) is 30.4 Å². The van der Waals surface area contributed by atoms with Gasteiger partial charge in [0.15, 0.2) is 0 Å². The quantitative estimate of drug-likeness (QED) is 0.437. The number of rotatable bonds is 7. The van der Waals surface area contributed by atoms with Gasteiger partial charge >= 0.3 is 0 Å². The number of aromatic nitrogens is 5. The SMILES string of the molecule is CC(c1ccnc(Cc2nc3ccc(-c4cnn(CC5CCC5)c4)cc3[nH]2)c1)N1CCNCC1. The molecule has 1 aromatic carbocycles. The molecule has 176 valence electrons. The number of imidazole rings is 1. The van der Waals surface area contributed by atoms with Crippen molar-refractivity contribution in [3.8, 4) is 11.1 Å². The molecule has 1 saturated carbocycles. The molecule has 0 spiro atoms. The number of aromatic amines is 1. The predicted octanol–water partition coefficient (Wildman–Crippen LogP) is 4.18. The van der Waals surface area contributed by atoms with E-state index >= 15 is 0 Å². The minimum atomic E-state index is 0.396. The Hall–Kier alpha value is -3.03. The minimum Gasteiger partial charge on any atom is -0.342 e. The summed E-state index contributed by atoms with van der Waals surface area (Å²) < 4.78 is 2.10. The highest BCUT2D eigenvalue weighted by Gasteiger charge is 2.19. The molecule has 1 saturated heterocycles. The van der Waals surface area contributed by atoms with Gasteiger partial charge in [-0.3, -0.25) is 14.6 Å². The number of nitrogens with zero attached hydrogens (tertiary/aromatic N) is 5. The van der Waals surface area contributed by atoms with Gasteiger partial charge in [-0.25, -0.2) is 4.98 Å². The van der Waals surface area contributed by atoms with E-state index in [0.29, 0.717) is 12.5 Å². The van der Waals surface area contributed by atoms with Crippen molar-refractivity contribution in [3.63, 3.8) is 0 Å². The van der Waals surface area contributed by atoms with E-state index < -0.39 is 0 Å². The fraction of sp³-hybridized carbons (Fsp3) is 0.444. The zero-order chi connectivity index (χ0) is 22.9. The molecule has 1 unspecified atom stereocenters. The maximum atomic E-state index is 4.84. The van der Waals surface area contributed by atoms with Gasteiger partial charge in [0, 0.05) is 68.8 Å². The summed E-state index contributed by atoms with van der Waals surface area (Å²) in [6.07, 6.45) is 10.8. The zero-order valence-electron chi connectivity index (χ0n) is 19.9. The second-order valence-corrected chi connectivity index (χ2v) is 9.88. The lowest BCUT2D eigenvalue weighted by atomic mass is 9.85. The molecule has 34 heavy (non-hydrogen) atoms. The molecule has 2 fully saturated rings. The molecule has 2 N–H and O–H groups in total. The summed E-state index contributed by atoms with van der Waals surface area (Å²) in [5, 5.41) is 8.02. The van der Waals surface area contributed by atoms with E-state index in [1.807, 2.05) is 12.4 Å². The van der Waals surface area contributed by atoms with Gasteiger partial charge in [0.2, 0.25) is 0 Å². The first-order valence-electron chi connectivity index (χ1n) is 12.6. The standard InChI is InChI=1S/C27H33N7/c1-19(33-11-9-28-10-12-33)21-7-8-29-24(13-21)15-27-31-25-6-5-22(14-26(25)32-27)23-16-30-34(18-23)17-20-3-2-4-20/h5-8,13-14,16,18-20,28H,2-4,9-12,15,17H2,1H3,(H,31,32). The molecule has 1 aliphatic carbocycles. The molecule has 2 aliphatic rings. The molecule has 7 heteroatoms. The highest BCUT2D eigenvalue weighted by Crippen LogP contribution is 2.29. The third-order valence-electron chi connectivity index (χ3n) is 7.54. The second-order valence-electron chi connectivity index (χ2n) is 9.88. The monoisotopic (exact) mass is 455 g/mol. The topological polar surface area (TPSA) is 74.7 Å². The van der Waals surface area contributed by atoms with E-state index in [4.69, 9.17) is 4.98 Å². The molecule has 1 aliphatic heterocycles. The van der Waals surface area contributed by atoms with Gasteiger partial charge in [-0.2, -0.15) is 5.10 Å². The van der Waals surface area contributed by atoms with Crippen molar-refractivity contribution in [2.45, 2.75) is 45.2 Å². The first-order valence-corrected chi connectivity index (χ1v) is 12.6. The van der Waals surface area contributed by atoms with Gasteiger partial charge in [0.1, 0.15) is 5.82 Å². The van der Waals surface area contributed by atoms with Crippen LogP contribution in [0.3, 0.4) is 0 Å². The van der Waals surface area contributed by atoms with Crippen molar-refractivity contribution in [3.05, 3.63) is 66.0 Å². The fourth-order valence-corrected chi connectivity index (χ4v) is 5.18. The Morgan fingerprint density at radius 3 is 2.79 bits per heavy atom. The molecular formula is C27H33N7. The molecular weight excluding hydrogens is 422 g/mol. The molecule has 4 heterocycles. The molecule has 0 radical (unpaired) electrons. The Morgan fingerprint density at radius 1 is 1.09 bits per heavy atom. The molecule has 4 aromatic rings. The number of hydrogen-bond donors (Lipinski definition) is 2. The number of hydrogen-bond acceptors (Lipinski definition) is 5. The maximum absolute atomic E-state index is 4.84. The van der Waals surface area contributed by atoms with Crippen molar-refractivity contribution in [2.24, 2.45) is 5.92 Å². The van der Waals surface area contributed by atoms with E-state index in [9.17, 15) is 0 Å². The highest BCUT2D eigenvalue weighted by atomic mass is 15.3. The van der Waals surface area contributed by atoms with Crippen LogP contribution < -0.4 is 5.32 Å². The number of nitrogens with one attached hydrogen (secondary N) is 2. The average molecular weight is 456 g/mol. The first kappa shape index (κ1) is 21.5.